The van der Waals surface area contributed by atoms with Crippen LogP contribution >= 0.6 is 0 Å². The van der Waals surface area contributed by atoms with Crippen LogP contribution < -0.4 is 5.32 Å². The number of hydrogen-bond acceptors (Lipinski definition) is 7. The molecule has 2 heterocycles. The molecular formula is C19H20N6O5. The summed E-state index contributed by atoms with van der Waals surface area (Å²) in [6.45, 7) is 2.13. The first kappa shape index (κ1) is 20.7. The fraction of sp³-hybridized carbons (Fsp3) is 0.263. The van der Waals surface area contributed by atoms with E-state index in [1.54, 1.807) is 36.0 Å². The summed E-state index contributed by atoms with van der Waals surface area (Å²) in [5.74, 6) is -0.706. The molecule has 0 fully saturated rings. The van der Waals surface area contributed by atoms with Gasteiger partial charge in [0.1, 0.15) is 11.9 Å². The molecule has 1 aromatic carbocycles. The maximum Gasteiger partial charge on any atom is 0.338 e. The van der Waals surface area contributed by atoms with Gasteiger partial charge in [-0.15, -0.1) is 0 Å². The quantitative estimate of drug-likeness (QED) is 0.340. The van der Waals surface area contributed by atoms with Crippen molar-refractivity contribution >= 4 is 23.3 Å². The predicted molar refractivity (Wildman–Crippen MR) is 106 cm³/mol. The van der Waals surface area contributed by atoms with Gasteiger partial charge in [-0.2, -0.15) is 10.2 Å². The van der Waals surface area contributed by atoms with E-state index < -0.39 is 10.9 Å². The average molecular weight is 412 g/mol. The highest BCUT2D eigenvalue weighted by atomic mass is 16.6. The number of amides is 1. The van der Waals surface area contributed by atoms with Gasteiger partial charge >= 0.3 is 11.7 Å². The first-order valence-electron chi connectivity index (χ1n) is 9.04. The maximum absolute atomic E-state index is 12.2. The summed E-state index contributed by atoms with van der Waals surface area (Å²) >= 11 is 0. The first-order chi connectivity index (χ1) is 14.4. The van der Waals surface area contributed by atoms with E-state index in [0.717, 1.165) is 5.56 Å². The standard InChI is InChI=1S/C19H20N6O5/c1-13-17(25(28)29)10-21-24(13)8-7-18(26)22-15-9-20-23(12-15)11-14-5-3-4-6-16(14)19(27)30-2/h3-6,9-10,12H,7-8,11H2,1-2H3,(H,22,26). The molecule has 3 rings (SSSR count). The molecule has 1 N–H and O–H groups in total. The zero-order valence-corrected chi connectivity index (χ0v) is 16.4. The topological polar surface area (TPSA) is 134 Å². The zero-order valence-electron chi connectivity index (χ0n) is 16.4. The number of nitro groups is 1. The third-order valence-corrected chi connectivity index (χ3v) is 4.50. The molecular weight excluding hydrogens is 392 g/mol. The number of esters is 1. The minimum Gasteiger partial charge on any atom is -0.465 e. The smallest absolute Gasteiger partial charge is 0.338 e. The Labute approximate surface area is 171 Å². The Kier molecular flexibility index (Phi) is 6.20. The van der Waals surface area contributed by atoms with Crippen LogP contribution in [0.2, 0.25) is 0 Å². The molecule has 0 aliphatic heterocycles. The van der Waals surface area contributed by atoms with Gasteiger partial charge in [0, 0.05) is 12.6 Å². The van der Waals surface area contributed by atoms with Crippen LogP contribution in [0.15, 0.2) is 42.9 Å². The van der Waals surface area contributed by atoms with Gasteiger partial charge in [0.25, 0.3) is 0 Å². The summed E-state index contributed by atoms with van der Waals surface area (Å²) in [5.41, 5.74) is 2.00. The van der Waals surface area contributed by atoms with Gasteiger partial charge < -0.3 is 10.1 Å². The van der Waals surface area contributed by atoms with E-state index in [9.17, 15) is 19.7 Å². The minimum atomic E-state index is -0.508. The van der Waals surface area contributed by atoms with Crippen LogP contribution in [-0.2, 0) is 22.6 Å². The monoisotopic (exact) mass is 412 g/mol. The van der Waals surface area contributed by atoms with Crippen LogP contribution in [0.5, 0.6) is 0 Å². The van der Waals surface area contributed by atoms with Crippen molar-refractivity contribution in [3.05, 3.63) is 69.8 Å². The molecule has 0 saturated heterocycles. The van der Waals surface area contributed by atoms with E-state index in [0.29, 0.717) is 23.5 Å². The first-order valence-corrected chi connectivity index (χ1v) is 9.04. The van der Waals surface area contributed by atoms with Crippen LogP contribution in [-0.4, -0.2) is 43.5 Å². The molecule has 0 aliphatic rings. The normalized spacial score (nSPS) is 10.6. The largest absolute Gasteiger partial charge is 0.465 e. The van der Waals surface area contributed by atoms with Crippen molar-refractivity contribution in [3.8, 4) is 0 Å². The van der Waals surface area contributed by atoms with Crippen molar-refractivity contribution in [2.45, 2.75) is 26.4 Å². The van der Waals surface area contributed by atoms with Gasteiger partial charge in [-0.25, -0.2) is 4.79 Å². The molecule has 30 heavy (non-hydrogen) atoms. The number of aryl methyl sites for hydroxylation is 1. The summed E-state index contributed by atoms with van der Waals surface area (Å²) in [6.07, 6.45) is 4.41. The lowest BCUT2D eigenvalue weighted by molar-refractivity contribution is -0.385. The number of anilines is 1. The molecule has 0 spiro atoms. The highest BCUT2D eigenvalue weighted by Crippen LogP contribution is 2.17. The van der Waals surface area contributed by atoms with Crippen molar-refractivity contribution in [1.29, 1.82) is 0 Å². The van der Waals surface area contributed by atoms with Gasteiger partial charge in [0.15, 0.2) is 0 Å². The van der Waals surface area contributed by atoms with Crippen molar-refractivity contribution in [2.24, 2.45) is 0 Å². The number of nitrogens with one attached hydrogen (secondary N) is 1. The van der Waals surface area contributed by atoms with Gasteiger partial charge in [0.05, 0.1) is 42.6 Å². The highest BCUT2D eigenvalue weighted by Gasteiger charge is 2.17. The van der Waals surface area contributed by atoms with E-state index in [1.165, 1.54) is 24.2 Å². The number of nitrogens with zero attached hydrogens (tertiary/aromatic N) is 5. The summed E-state index contributed by atoms with van der Waals surface area (Å²) in [7, 11) is 1.32. The third kappa shape index (κ3) is 4.69. The third-order valence-electron chi connectivity index (χ3n) is 4.50. The van der Waals surface area contributed by atoms with Gasteiger partial charge in [-0.3, -0.25) is 24.3 Å². The molecule has 0 unspecified atom stereocenters. The Hall–Kier alpha value is -4.02. The van der Waals surface area contributed by atoms with Crippen LogP contribution in [0.3, 0.4) is 0 Å². The van der Waals surface area contributed by atoms with Crippen LogP contribution in [0.25, 0.3) is 0 Å². The Morgan fingerprint density at radius 3 is 2.70 bits per heavy atom. The molecule has 0 atom stereocenters. The van der Waals surface area contributed by atoms with E-state index in [4.69, 9.17) is 4.74 Å². The van der Waals surface area contributed by atoms with Crippen LogP contribution in [0.1, 0.15) is 28.0 Å². The molecule has 2 aromatic heterocycles. The lowest BCUT2D eigenvalue weighted by Crippen LogP contribution is -2.15. The Morgan fingerprint density at radius 2 is 2.00 bits per heavy atom. The lowest BCUT2D eigenvalue weighted by atomic mass is 10.1. The van der Waals surface area contributed by atoms with Crippen LogP contribution in [0.4, 0.5) is 11.4 Å². The average Bonchev–Trinajstić information content (AvgIpc) is 3.32. The number of aromatic nitrogens is 4. The number of benzene rings is 1. The zero-order chi connectivity index (χ0) is 21.7. The molecule has 0 aliphatic carbocycles. The van der Waals surface area contributed by atoms with Crippen molar-refractivity contribution in [3.63, 3.8) is 0 Å². The van der Waals surface area contributed by atoms with E-state index in [1.807, 2.05) is 6.07 Å². The van der Waals surface area contributed by atoms with E-state index in [-0.39, 0.29) is 24.6 Å². The van der Waals surface area contributed by atoms with Crippen molar-refractivity contribution in [2.75, 3.05) is 12.4 Å². The van der Waals surface area contributed by atoms with Crippen molar-refractivity contribution < 1.29 is 19.2 Å². The fourth-order valence-corrected chi connectivity index (χ4v) is 2.93. The van der Waals surface area contributed by atoms with Crippen molar-refractivity contribution in [1.82, 2.24) is 19.6 Å². The molecule has 11 heteroatoms. The Bertz CT molecular complexity index is 1090. The summed E-state index contributed by atoms with van der Waals surface area (Å²) < 4.78 is 7.81. The number of methoxy groups -OCH3 is 1. The second-order valence-electron chi connectivity index (χ2n) is 6.47. The molecule has 0 saturated carbocycles. The van der Waals surface area contributed by atoms with Gasteiger partial charge in [-0.05, 0) is 18.6 Å². The SMILES string of the molecule is COC(=O)c1ccccc1Cn1cc(NC(=O)CCn2ncc([N+](=O)[O-])c2C)cn1. The number of ether oxygens (including phenoxy) is 1. The number of carbonyl (C=O) groups excluding carboxylic acids is 2. The van der Waals surface area contributed by atoms with E-state index in [2.05, 4.69) is 15.5 Å². The Balaban J connectivity index is 1.59. The fourth-order valence-electron chi connectivity index (χ4n) is 2.93. The van der Waals surface area contributed by atoms with E-state index >= 15 is 0 Å². The maximum atomic E-state index is 12.2. The highest BCUT2D eigenvalue weighted by molar-refractivity contribution is 5.91. The second-order valence-corrected chi connectivity index (χ2v) is 6.47. The number of hydrogen-bond donors (Lipinski definition) is 1. The molecule has 1 amide bonds. The molecule has 0 bridgehead atoms. The summed E-state index contributed by atoms with van der Waals surface area (Å²) in [5, 5.41) is 21.7. The second kappa shape index (κ2) is 8.99. The molecule has 0 radical (unpaired) electrons. The molecule has 3 aromatic rings. The minimum absolute atomic E-state index is 0.0797. The summed E-state index contributed by atoms with van der Waals surface area (Å²) in [4.78, 5) is 34.4. The molecule has 156 valence electrons. The Morgan fingerprint density at radius 1 is 1.23 bits per heavy atom. The summed E-state index contributed by atoms with van der Waals surface area (Å²) in [6, 6.07) is 7.04. The lowest BCUT2D eigenvalue weighted by Gasteiger charge is -2.07. The van der Waals surface area contributed by atoms with Gasteiger partial charge in [0.2, 0.25) is 5.91 Å². The van der Waals surface area contributed by atoms with Gasteiger partial charge in [-0.1, -0.05) is 18.2 Å². The number of rotatable bonds is 8. The van der Waals surface area contributed by atoms with Crippen LogP contribution in [0, 0.1) is 17.0 Å². The number of carbonyl (C=O) groups is 2. The predicted octanol–water partition coefficient (Wildman–Crippen LogP) is 2.16. The molecule has 11 nitrogen and oxygen atoms in total.